The Hall–Kier alpha value is -0.530. The van der Waals surface area contributed by atoms with Crippen molar-refractivity contribution < 1.29 is 0 Å². The molecule has 2 nitrogen and oxygen atoms in total. The van der Waals surface area contributed by atoms with E-state index in [9.17, 15) is 0 Å². The lowest BCUT2D eigenvalue weighted by Crippen LogP contribution is -2.27. The first-order valence-corrected chi connectivity index (χ1v) is 7.07. The van der Waals surface area contributed by atoms with Gasteiger partial charge in [0.25, 0.3) is 0 Å². The van der Waals surface area contributed by atoms with Gasteiger partial charge in [0.2, 0.25) is 0 Å². The maximum atomic E-state index is 6.12. The molecule has 0 amide bonds. The van der Waals surface area contributed by atoms with E-state index in [2.05, 4.69) is 11.9 Å². The molecular formula is C14H26N2. The molecule has 0 radical (unpaired) electrons. The minimum absolute atomic E-state index is 0.602. The summed E-state index contributed by atoms with van der Waals surface area (Å²) < 4.78 is 0. The molecule has 2 atom stereocenters. The second-order valence-corrected chi connectivity index (χ2v) is 5.77. The van der Waals surface area contributed by atoms with Gasteiger partial charge in [-0.3, -0.25) is 4.99 Å². The molecule has 0 aliphatic heterocycles. The highest BCUT2D eigenvalue weighted by Crippen LogP contribution is 2.31. The SMILES string of the molecule is CC1CCCC1CN=C(N)C1CCCCC1. The van der Waals surface area contributed by atoms with Crippen molar-refractivity contribution in [3.63, 3.8) is 0 Å². The second-order valence-electron chi connectivity index (χ2n) is 5.77. The van der Waals surface area contributed by atoms with Gasteiger partial charge < -0.3 is 5.73 Å². The summed E-state index contributed by atoms with van der Waals surface area (Å²) in [7, 11) is 0. The molecule has 0 bridgehead atoms. The first-order valence-electron chi connectivity index (χ1n) is 7.07. The standard InChI is InChI=1S/C14H26N2/c1-11-6-5-9-13(11)10-16-14(15)12-7-3-2-4-8-12/h11-13H,2-10H2,1H3,(H2,15,16). The summed E-state index contributed by atoms with van der Waals surface area (Å²) in [4.78, 5) is 4.67. The minimum Gasteiger partial charge on any atom is -0.387 e. The van der Waals surface area contributed by atoms with Crippen LogP contribution in [0.5, 0.6) is 0 Å². The molecule has 92 valence electrons. The second kappa shape index (κ2) is 5.70. The van der Waals surface area contributed by atoms with Gasteiger partial charge >= 0.3 is 0 Å². The van der Waals surface area contributed by atoms with Crippen LogP contribution in [-0.4, -0.2) is 12.4 Å². The molecule has 2 N–H and O–H groups in total. The maximum Gasteiger partial charge on any atom is 0.0968 e. The van der Waals surface area contributed by atoms with E-state index in [0.29, 0.717) is 5.92 Å². The molecule has 0 saturated heterocycles. The van der Waals surface area contributed by atoms with Gasteiger partial charge in [0.15, 0.2) is 0 Å². The summed E-state index contributed by atoms with van der Waals surface area (Å²) in [6.07, 6.45) is 10.8. The van der Waals surface area contributed by atoms with Crippen molar-refractivity contribution in [1.29, 1.82) is 0 Å². The lowest BCUT2D eigenvalue weighted by atomic mass is 9.88. The Morgan fingerprint density at radius 3 is 2.44 bits per heavy atom. The van der Waals surface area contributed by atoms with Gasteiger partial charge in [-0.05, 0) is 31.1 Å². The number of amidine groups is 1. The monoisotopic (exact) mass is 222 g/mol. The molecular weight excluding hydrogens is 196 g/mol. The molecule has 0 spiro atoms. The van der Waals surface area contributed by atoms with Gasteiger partial charge in [-0.1, -0.05) is 39.0 Å². The highest BCUT2D eigenvalue weighted by Gasteiger charge is 2.23. The number of hydrogen-bond acceptors (Lipinski definition) is 1. The average Bonchev–Trinajstić information content (AvgIpc) is 2.73. The molecule has 2 saturated carbocycles. The zero-order valence-corrected chi connectivity index (χ0v) is 10.6. The number of rotatable bonds is 3. The fourth-order valence-corrected chi connectivity index (χ4v) is 3.24. The highest BCUT2D eigenvalue weighted by atomic mass is 14.9. The summed E-state index contributed by atoms with van der Waals surface area (Å²) in [5.41, 5.74) is 6.12. The van der Waals surface area contributed by atoms with Crippen LogP contribution in [0.1, 0.15) is 58.3 Å². The van der Waals surface area contributed by atoms with Gasteiger partial charge in [-0.25, -0.2) is 0 Å². The molecule has 2 unspecified atom stereocenters. The summed E-state index contributed by atoms with van der Waals surface area (Å²) >= 11 is 0. The van der Waals surface area contributed by atoms with Gasteiger partial charge in [0.1, 0.15) is 0 Å². The third kappa shape index (κ3) is 2.99. The van der Waals surface area contributed by atoms with Crippen LogP contribution in [0.15, 0.2) is 4.99 Å². The largest absolute Gasteiger partial charge is 0.387 e. The van der Waals surface area contributed by atoms with Crippen LogP contribution in [0.25, 0.3) is 0 Å². The predicted octanol–water partition coefficient (Wildman–Crippen LogP) is 3.36. The van der Waals surface area contributed by atoms with E-state index in [1.165, 1.54) is 51.4 Å². The van der Waals surface area contributed by atoms with Crippen LogP contribution in [0, 0.1) is 17.8 Å². The lowest BCUT2D eigenvalue weighted by Gasteiger charge is -2.21. The third-order valence-electron chi connectivity index (χ3n) is 4.57. The number of nitrogens with zero attached hydrogens (tertiary/aromatic N) is 1. The Labute approximate surface area is 99.7 Å². The highest BCUT2D eigenvalue weighted by molar-refractivity contribution is 5.82. The fourth-order valence-electron chi connectivity index (χ4n) is 3.24. The summed E-state index contributed by atoms with van der Waals surface area (Å²) in [5.74, 6) is 3.23. The molecule has 2 aliphatic rings. The lowest BCUT2D eigenvalue weighted by molar-refractivity contribution is 0.419. The topological polar surface area (TPSA) is 38.4 Å². The molecule has 2 aliphatic carbocycles. The van der Waals surface area contributed by atoms with E-state index in [1.54, 1.807) is 0 Å². The van der Waals surface area contributed by atoms with Gasteiger partial charge in [0.05, 0.1) is 5.84 Å². The summed E-state index contributed by atoms with van der Waals surface area (Å²) in [5, 5.41) is 0. The molecule has 0 aromatic rings. The van der Waals surface area contributed by atoms with Crippen LogP contribution in [0.3, 0.4) is 0 Å². The van der Waals surface area contributed by atoms with E-state index < -0.39 is 0 Å². The van der Waals surface area contributed by atoms with Gasteiger partial charge in [0, 0.05) is 12.5 Å². The van der Waals surface area contributed by atoms with Crippen LogP contribution >= 0.6 is 0 Å². The van der Waals surface area contributed by atoms with Crippen molar-refractivity contribution in [2.24, 2.45) is 28.5 Å². The van der Waals surface area contributed by atoms with Crippen molar-refractivity contribution in [3.8, 4) is 0 Å². The van der Waals surface area contributed by atoms with E-state index in [1.807, 2.05) is 0 Å². The van der Waals surface area contributed by atoms with E-state index in [-0.39, 0.29) is 0 Å². The number of aliphatic imine (C=N–C) groups is 1. The Morgan fingerprint density at radius 1 is 1.06 bits per heavy atom. The summed E-state index contributed by atoms with van der Waals surface area (Å²) in [6, 6.07) is 0. The third-order valence-corrected chi connectivity index (χ3v) is 4.57. The zero-order chi connectivity index (χ0) is 11.4. The van der Waals surface area contributed by atoms with Crippen molar-refractivity contribution in [3.05, 3.63) is 0 Å². The van der Waals surface area contributed by atoms with E-state index in [4.69, 9.17) is 5.73 Å². The Balaban J connectivity index is 1.81. The van der Waals surface area contributed by atoms with Crippen LogP contribution < -0.4 is 5.73 Å². The zero-order valence-electron chi connectivity index (χ0n) is 10.6. The van der Waals surface area contributed by atoms with E-state index in [0.717, 1.165) is 24.2 Å². The Kier molecular flexibility index (Phi) is 4.25. The minimum atomic E-state index is 0.602. The Bertz CT molecular complexity index is 241. The molecule has 2 rings (SSSR count). The van der Waals surface area contributed by atoms with E-state index >= 15 is 0 Å². The van der Waals surface area contributed by atoms with Crippen molar-refractivity contribution in [1.82, 2.24) is 0 Å². The molecule has 0 aromatic heterocycles. The first-order chi connectivity index (χ1) is 7.77. The Morgan fingerprint density at radius 2 is 1.81 bits per heavy atom. The first kappa shape index (κ1) is 11.9. The van der Waals surface area contributed by atoms with Crippen molar-refractivity contribution in [2.45, 2.75) is 58.3 Å². The molecule has 2 heteroatoms. The number of nitrogens with two attached hydrogens (primary N) is 1. The normalized spacial score (nSPS) is 33.2. The maximum absolute atomic E-state index is 6.12. The van der Waals surface area contributed by atoms with Crippen LogP contribution in [-0.2, 0) is 0 Å². The quantitative estimate of drug-likeness (QED) is 0.577. The predicted molar refractivity (Wildman–Crippen MR) is 69.6 cm³/mol. The van der Waals surface area contributed by atoms with Gasteiger partial charge in [-0.15, -0.1) is 0 Å². The van der Waals surface area contributed by atoms with Crippen molar-refractivity contribution >= 4 is 5.84 Å². The molecule has 0 heterocycles. The average molecular weight is 222 g/mol. The van der Waals surface area contributed by atoms with Crippen molar-refractivity contribution in [2.75, 3.05) is 6.54 Å². The smallest absolute Gasteiger partial charge is 0.0968 e. The summed E-state index contributed by atoms with van der Waals surface area (Å²) in [6.45, 7) is 3.35. The molecule has 16 heavy (non-hydrogen) atoms. The fraction of sp³-hybridized carbons (Fsp3) is 0.929. The molecule has 2 fully saturated rings. The van der Waals surface area contributed by atoms with Crippen LogP contribution in [0.2, 0.25) is 0 Å². The van der Waals surface area contributed by atoms with Crippen LogP contribution in [0.4, 0.5) is 0 Å². The molecule has 0 aromatic carbocycles. The number of hydrogen-bond donors (Lipinski definition) is 1. The van der Waals surface area contributed by atoms with Gasteiger partial charge in [-0.2, -0.15) is 0 Å².